The third kappa shape index (κ3) is 1.72. The van der Waals surface area contributed by atoms with Crippen LogP contribution < -0.4 is 4.90 Å². The summed E-state index contributed by atoms with van der Waals surface area (Å²) >= 11 is 0. The molecule has 2 aromatic rings. The first-order valence-electron chi connectivity index (χ1n) is 5.72. The Morgan fingerprint density at radius 1 is 1.33 bits per heavy atom. The molecule has 3 rings (SSSR count). The summed E-state index contributed by atoms with van der Waals surface area (Å²) in [6.07, 6.45) is 3.73. The van der Waals surface area contributed by atoms with Crippen molar-refractivity contribution in [2.75, 3.05) is 11.4 Å². The molecule has 2 heterocycles. The minimum atomic E-state index is -0.469. The van der Waals surface area contributed by atoms with Crippen molar-refractivity contribution in [1.82, 2.24) is 9.55 Å². The predicted octanol–water partition coefficient (Wildman–Crippen LogP) is 1.91. The molecule has 0 aliphatic carbocycles. The van der Waals surface area contributed by atoms with Crippen LogP contribution in [-0.2, 0) is 13.1 Å². The van der Waals surface area contributed by atoms with Gasteiger partial charge < -0.3 is 9.47 Å². The van der Waals surface area contributed by atoms with Crippen LogP contribution in [0.25, 0.3) is 0 Å². The molecular formula is C13H11FN4. The Kier molecular flexibility index (Phi) is 2.49. The summed E-state index contributed by atoms with van der Waals surface area (Å²) < 4.78 is 15.7. The SMILES string of the molecule is N#Cc1ccc(N2CCn3ccnc3C2)cc1F. The number of aromatic nitrogens is 2. The van der Waals surface area contributed by atoms with E-state index in [1.165, 1.54) is 12.1 Å². The zero-order valence-electron chi connectivity index (χ0n) is 9.67. The van der Waals surface area contributed by atoms with E-state index >= 15 is 0 Å². The van der Waals surface area contributed by atoms with Crippen LogP contribution in [0.5, 0.6) is 0 Å². The smallest absolute Gasteiger partial charge is 0.143 e. The Morgan fingerprint density at radius 3 is 3.00 bits per heavy atom. The maximum absolute atomic E-state index is 13.6. The molecule has 1 aromatic carbocycles. The number of rotatable bonds is 1. The molecular weight excluding hydrogens is 231 g/mol. The number of hydrogen-bond acceptors (Lipinski definition) is 3. The third-order valence-corrected chi connectivity index (χ3v) is 3.18. The first kappa shape index (κ1) is 10.8. The lowest BCUT2D eigenvalue weighted by atomic mass is 10.2. The summed E-state index contributed by atoms with van der Waals surface area (Å²) in [6.45, 7) is 2.32. The number of fused-ring (bicyclic) bond motifs is 1. The van der Waals surface area contributed by atoms with Crippen molar-refractivity contribution in [3.05, 3.63) is 47.8 Å². The highest BCUT2D eigenvalue weighted by molar-refractivity contribution is 5.50. The molecule has 1 aliphatic rings. The number of imidazole rings is 1. The Labute approximate surface area is 104 Å². The number of nitriles is 1. The highest BCUT2D eigenvalue weighted by atomic mass is 19.1. The van der Waals surface area contributed by atoms with Gasteiger partial charge in [-0.15, -0.1) is 0 Å². The largest absolute Gasteiger partial charge is 0.362 e. The molecule has 4 nitrogen and oxygen atoms in total. The second kappa shape index (κ2) is 4.15. The lowest BCUT2D eigenvalue weighted by Gasteiger charge is -2.29. The molecule has 0 saturated carbocycles. The monoisotopic (exact) mass is 242 g/mol. The average molecular weight is 242 g/mol. The van der Waals surface area contributed by atoms with E-state index in [1.807, 2.05) is 12.3 Å². The van der Waals surface area contributed by atoms with Gasteiger partial charge in [0.15, 0.2) is 0 Å². The summed E-state index contributed by atoms with van der Waals surface area (Å²) in [5.41, 5.74) is 0.873. The van der Waals surface area contributed by atoms with Gasteiger partial charge in [-0.1, -0.05) is 0 Å². The van der Waals surface area contributed by atoms with Gasteiger partial charge in [-0.25, -0.2) is 9.37 Å². The van der Waals surface area contributed by atoms with E-state index in [0.29, 0.717) is 6.54 Å². The molecule has 0 bridgehead atoms. The average Bonchev–Trinajstić information content (AvgIpc) is 2.85. The lowest BCUT2D eigenvalue weighted by molar-refractivity contribution is 0.557. The number of nitrogens with zero attached hydrogens (tertiary/aromatic N) is 4. The van der Waals surface area contributed by atoms with E-state index in [1.54, 1.807) is 12.3 Å². The Bertz CT molecular complexity index is 626. The number of benzene rings is 1. The fourth-order valence-electron chi connectivity index (χ4n) is 2.19. The van der Waals surface area contributed by atoms with E-state index in [-0.39, 0.29) is 5.56 Å². The van der Waals surface area contributed by atoms with Crippen LogP contribution >= 0.6 is 0 Å². The Hall–Kier alpha value is -2.35. The zero-order valence-corrected chi connectivity index (χ0v) is 9.67. The first-order valence-corrected chi connectivity index (χ1v) is 5.72. The standard InChI is InChI=1S/C13H11FN4/c14-12-7-11(2-1-10(12)8-15)18-6-5-17-4-3-16-13(17)9-18/h1-4,7H,5-6,9H2. The summed E-state index contributed by atoms with van der Waals surface area (Å²) in [6, 6.07) is 6.54. The van der Waals surface area contributed by atoms with Crippen LogP contribution in [0.15, 0.2) is 30.6 Å². The Balaban J connectivity index is 1.89. The second-order valence-electron chi connectivity index (χ2n) is 4.23. The number of halogens is 1. The maximum atomic E-state index is 13.6. The molecule has 0 N–H and O–H groups in total. The minimum Gasteiger partial charge on any atom is -0.362 e. The molecule has 0 saturated heterocycles. The fourth-order valence-corrected chi connectivity index (χ4v) is 2.19. The summed E-state index contributed by atoms with van der Waals surface area (Å²) in [7, 11) is 0. The Morgan fingerprint density at radius 2 is 2.22 bits per heavy atom. The molecule has 0 unspecified atom stereocenters. The van der Waals surface area contributed by atoms with E-state index < -0.39 is 5.82 Å². The molecule has 0 radical (unpaired) electrons. The van der Waals surface area contributed by atoms with E-state index in [0.717, 1.165) is 24.6 Å². The van der Waals surface area contributed by atoms with Gasteiger partial charge in [-0.05, 0) is 18.2 Å². The van der Waals surface area contributed by atoms with Crippen molar-refractivity contribution in [2.24, 2.45) is 0 Å². The van der Waals surface area contributed by atoms with Crippen molar-refractivity contribution in [1.29, 1.82) is 5.26 Å². The van der Waals surface area contributed by atoms with Crippen LogP contribution in [0.3, 0.4) is 0 Å². The van der Waals surface area contributed by atoms with Gasteiger partial charge in [0.2, 0.25) is 0 Å². The first-order chi connectivity index (χ1) is 8.78. The molecule has 1 aliphatic heterocycles. The van der Waals surface area contributed by atoms with Crippen molar-refractivity contribution in [3.63, 3.8) is 0 Å². The van der Waals surface area contributed by atoms with Crippen molar-refractivity contribution < 1.29 is 4.39 Å². The van der Waals surface area contributed by atoms with Gasteiger partial charge in [0.1, 0.15) is 17.7 Å². The van der Waals surface area contributed by atoms with Gasteiger partial charge in [0.05, 0.1) is 12.1 Å². The molecule has 0 amide bonds. The van der Waals surface area contributed by atoms with Gasteiger partial charge >= 0.3 is 0 Å². The van der Waals surface area contributed by atoms with E-state index in [2.05, 4.69) is 14.5 Å². The highest BCUT2D eigenvalue weighted by Crippen LogP contribution is 2.22. The highest BCUT2D eigenvalue weighted by Gasteiger charge is 2.17. The van der Waals surface area contributed by atoms with Crippen LogP contribution in [0.2, 0.25) is 0 Å². The predicted molar refractivity (Wildman–Crippen MR) is 64.4 cm³/mol. The molecule has 0 fully saturated rings. The maximum Gasteiger partial charge on any atom is 0.143 e. The molecule has 5 heteroatoms. The molecule has 18 heavy (non-hydrogen) atoms. The van der Waals surface area contributed by atoms with Gasteiger partial charge in [-0.3, -0.25) is 0 Å². The van der Waals surface area contributed by atoms with E-state index in [9.17, 15) is 4.39 Å². The minimum absolute atomic E-state index is 0.0808. The second-order valence-corrected chi connectivity index (χ2v) is 4.23. The van der Waals surface area contributed by atoms with Gasteiger partial charge in [0, 0.05) is 31.2 Å². The summed E-state index contributed by atoms with van der Waals surface area (Å²) in [5, 5.41) is 8.71. The number of hydrogen-bond donors (Lipinski definition) is 0. The fraction of sp³-hybridized carbons (Fsp3) is 0.231. The topological polar surface area (TPSA) is 44.9 Å². The van der Waals surface area contributed by atoms with Crippen LogP contribution in [0.4, 0.5) is 10.1 Å². The molecule has 1 aromatic heterocycles. The third-order valence-electron chi connectivity index (χ3n) is 3.18. The van der Waals surface area contributed by atoms with Crippen LogP contribution in [-0.4, -0.2) is 16.1 Å². The van der Waals surface area contributed by atoms with Crippen molar-refractivity contribution in [2.45, 2.75) is 13.1 Å². The van der Waals surface area contributed by atoms with Gasteiger partial charge in [-0.2, -0.15) is 5.26 Å². The molecule has 90 valence electrons. The molecule has 0 atom stereocenters. The van der Waals surface area contributed by atoms with E-state index in [4.69, 9.17) is 5.26 Å². The van der Waals surface area contributed by atoms with Crippen LogP contribution in [0, 0.1) is 17.1 Å². The summed E-state index contributed by atoms with van der Waals surface area (Å²) in [5.74, 6) is 0.509. The van der Waals surface area contributed by atoms with Gasteiger partial charge in [0.25, 0.3) is 0 Å². The molecule has 0 spiro atoms. The van der Waals surface area contributed by atoms with Crippen LogP contribution in [0.1, 0.15) is 11.4 Å². The quantitative estimate of drug-likeness (QED) is 0.767. The summed E-state index contributed by atoms with van der Waals surface area (Å²) in [4.78, 5) is 6.33. The number of anilines is 1. The van der Waals surface area contributed by atoms with Crippen molar-refractivity contribution in [3.8, 4) is 6.07 Å². The van der Waals surface area contributed by atoms with Crippen molar-refractivity contribution >= 4 is 5.69 Å². The lowest BCUT2D eigenvalue weighted by Crippen LogP contribution is -2.33. The normalized spacial score (nSPS) is 14.1. The zero-order chi connectivity index (χ0) is 12.5.